The highest BCUT2D eigenvalue weighted by molar-refractivity contribution is 14.2. The van der Waals surface area contributed by atoms with Crippen LogP contribution in [0.5, 0.6) is 0 Å². The van der Waals surface area contributed by atoms with E-state index in [0.717, 1.165) is 16.1 Å². The van der Waals surface area contributed by atoms with E-state index in [9.17, 15) is 0 Å². The van der Waals surface area contributed by atoms with Crippen LogP contribution in [0.2, 0.25) is 0 Å². The summed E-state index contributed by atoms with van der Waals surface area (Å²) in [5.74, 6) is 0. The molecule has 0 unspecified atom stereocenters. The van der Waals surface area contributed by atoms with Gasteiger partial charge in [0.2, 0.25) is 0 Å². The van der Waals surface area contributed by atoms with E-state index < -0.39 is 0 Å². The Labute approximate surface area is 79.6 Å². The van der Waals surface area contributed by atoms with Gasteiger partial charge in [0.05, 0.1) is 5.39 Å². The van der Waals surface area contributed by atoms with Crippen molar-refractivity contribution in [2.45, 2.75) is 5.03 Å². The highest BCUT2D eigenvalue weighted by atomic mass is 127. The molecular weight excluding hydrogens is 273 g/mol. The molecule has 0 fully saturated rings. The van der Waals surface area contributed by atoms with Gasteiger partial charge in [0, 0.05) is 27.4 Å². The quantitative estimate of drug-likeness (QED) is 0.643. The van der Waals surface area contributed by atoms with Gasteiger partial charge in [0.1, 0.15) is 17.0 Å². The summed E-state index contributed by atoms with van der Waals surface area (Å²) in [7, 11) is 1.60. The van der Waals surface area contributed by atoms with Crippen molar-refractivity contribution >= 4 is 41.2 Å². The van der Waals surface area contributed by atoms with E-state index in [-0.39, 0.29) is 0 Å². The number of hydrogen-bond donors (Lipinski definition) is 1. The molecule has 0 atom stereocenters. The number of halogens is 1. The summed E-state index contributed by atoms with van der Waals surface area (Å²) in [5, 5.41) is 2.10. The molecule has 56 valence electrons. The number of aromatic nitrogens is 3. The van der Waals surface area contributed by atoms with Crippen LogP contribution < -0.4 is 0 Å². The molecule has 0 radical (unpaired) electrons. The van der Waals surface area contributed by atoms with E-state index in [1.165, 1.54) is 0 Å². The van der Waals surface area contributed by atoms with Crippen molar-refractivity contribution in [2.75, 3.05) is 0 Å². The lowest BCUT2D eigenvalue weighted by Crippen LogP contribution is -1.81. The van der Waals surface area contributed by atoms with Gasteiger partial charge in [-0.25, -0.2) is 9.97 Å². The third kappa shape index (κ3) is 1.22. The molecule has 0 saturated heterocycles. The normalized spacial score (nSPS) is 10.6. The topological polar surface area (TPSA) is 41.6 Å². The molecule has 2 heterocycles. The van der Waals surface area contributed by atoms with Crippen LogP contribution in [-0.4, -0.2) is 15.0 Å². The second-order valence-corrected chi connectivity index (χ2v) is 3.86. The summed E-state index contributed by atoms with van der Waals surface area (Å²) in [5.41, 5.74) is 0.902. The van der Waals surface area contributed by atoms with Crippen LogP contribution in [0.3, 0.4) is 0 Å². The number of nitrogens with zero attached hydrogens (tertiary/aromatic N) is 2. The lowest BCUT2D eigenvalue weighted by molar-refractivity contribution is 1.10. The van der Waals surface area contributed by atoms with Crippen molar-refractivity contribution in [3.8, 4) is 0 Å². The van der Waals surface area contributed by atoms with Gasteiger partial charge in [-0.05, 0) is 15.0 Å². The largest absolute Gasteiger partial charge is 0.346 e. The van der Waals surface area contributed by atoms with E-state index in [1.807, 2.05) is 12.3 Å². The fraction of sp³-hybridized carbons (Fsp3) is 0. The summed E-state index contributed by atoms with van der Waals surface area (Å²) in [6.07, 6.45) is 3.44. The molecular formula is C6H4IN3S. The number of rotatable bonds is 1. The van der Waals surface area contributed by atoms with Crippen molar-refractivity contribution in [2.24, 2.45) is 0 Å². The second-order valence-electron chi connectivity index (χ2n) is 2.00. The van der Waals surface area contributed by atoms with Crippen molar-refractivity contribution < 1.29 is 0 Å². The smallest absolute Gasteiger partial charge is 0.141 e. The van der Waals surface area contributed by atoms with E-state index in [2.05, 4.69) is 36.2 Å². The number of nitrogens with one attached hydrogen (secondary N) is 1. The first-order valence-electron chi connectivity index (χ1n) is 2.98. The first-order chi connectivity index (χ1) is 5.42. The van der Waals surface area contributed by atoms with E-state index in [4.69, 9.17) is 0 Å². The predicted molar refractivity (Wildman–Crippen MR) is 53.8 cm³/mol. The fourth-order valence-electron chi connectivity index (χ4n) is 0.910. The Bertz CT molecular complexity index is 373. The van der Waals surface area contributed by atoms with Crippen LogP contribution in [0.4, 0.5) is 0 Å². The molecule has 5 heteroatoms. The van der Waals surface area contributed by atoms with Crippen LogP contribution in [0.1, 0.15) is 0 Å². The third-order valence-electron chi connectivity index (χ3n) is 1.39. The van der Waals surface area contributed by atoms with Gasteiger partial charge in [-0.3, -0.25) is 0 Å². The molecule has 0 aliphatic rings. The molecule has 11 heavy (non-hydrogen) atoms. The Morgan fingerprint density at radius 2 is 2.36 bits per heavy atom. The zero-order valence-electron chi connectivity index (χ0n) is 5.41. The van der Waals surface area contributed by atoms with Gasteiger partial charge in [-0.15, -0.1) is 0 Å². The minimum absolute atomic E-state index is 0.902. The van der Waals surface area contributed by atoms with Crippen LogP contribution in [0.15, 0.2) is 23.6 Å². The van der Waals surface area contributed by atoms with Crippen LogP contribution in [-0.2, 0) is 0 Å². The Hall–Kier alpha value is -0.300. The van der Waals surface area contributed by atoms with Gasteiger partial charge in [-0.1, -0.05) is 0 Å². The molecule has 2 rings (SSSR count). The first kappa shape index (κ1) is 7.35. The Morgan fingerprint density at radius 1 is 1.45 bits per heavy atom. The maximum absolute atomic E-state index is 4.12. The van der Waals surface area contributed by atoms with Gasteiger partial charge < -0.3 is 4.98 Å². The standard InChI is InChI=1S/C6H4IN3S/c7-11-6-4-1-2-8-5(4)9-3-10-6/h1-3H,(H,8,9,10). The highest BCUT2D eigenvalue weighted by Gasteiger charge is 2.01. The van der Waals surface area contributed by atoms with Crippen LogP contribution in [0.25, 0.3) is 11.0 Å². The maximum Gasteiger partial charge on any atom is 0.141 e. The summed E-state index contributed by atoms with van der Waals surface area (Å²) in [4.78, 5) is 11.2. The molecule has 3 nitrogen and oxygen atoms in total. The summed E-state index contributed by atoms with van der Waals surface area (Å²) >= 11 is 2.21. The van der Waals surface area contributed by atoms with Gasteiger partial charge in [0.15, 0.2) is 0 Å². The minimum atomic E-state index is 0.902. The maximum atomic E-state index is 4.12. The molecule has 0 aromatic carbocycles. The third-order valence-corrected chi connectivity index (χ3v) is 3.11. The van der Waals surface area contributed by atoms with Crippen molar-refractivity contribution in [1.82, 2.24) is 15.0 Å². The van der Waals surface area contributed by atoms with Gasteiger partial charge in [0.25, 0.3) is 0 Å². The molecule has 0 saturated carbocycles. The average Bonchev–Trinajstić information content (AvgIpc) is 2.50. The highest BCUT2D eigenvalue weighted by Crippen LogP contribution is 2.28. The minimum Gasteiger partial charge on any atom is -0.346 e. The summed E-state index contributed by atoms with van der Waals surface area (Å²) < 4.78 is 0. The monoisotopic (exact) mass is 277 g/mol. The lowest BCUT2D eigenvalue weighted by Gasteiger charge is -1.92. The summed E-state index contributed by atoms with van der Waals surface area (Å²) in [6.45, 7) is 0. The molecule has 1 N–H and O–H groups in total. The molecule has 2 aromatic rings. The zero-order chi connectivity index (χ0) is 7.68. The molecule has 0 bridgehead atoms. The summed E-state index contributed by atoms with van der Waals surface area (Å²) in [6, 6.07) is 1.98. The SMILES string of the molecule is ISc1ncnc2[nH]ccc12. The average molecular weight is 277 g/mol. The number of aromatic amines is 1. The van der Waals surface area contributed by atoms with Crippen molar-refractivity contribution in [3.05, 3.63) is 18.6 Å². The van der Waals surface area contributed by atoms with Crippen molar-refractivity contribution in [3.63, 3.8) is 0 Å². The Balaban J connectivity index is 2.79. The van der Waals surface area contributed by atoms with Gasteiger partial charge >= 0.3 is 0 Å². The van der Waals surface area contributed by atoms with E-state index in [0.29, 0.717) is 0 Å². The van der Waals surface area contributed by atoms with Crippen LogP contribution >= 0.6 is 30.1 Å². The number of H-pyrrole nitrogens is 1. The molecule has 0 amide bonds. The number of hydrogen-bond acceptors (Lipinski definition) is 3. The first-order valence-corrected chi connectivity index (χ1v) is 6.34. The molecule has 0 aliphatic carbocycles. The lowest BCUT2D eigenvalue weighted by atomic mass is 10.4. The second kappa shape index (κ2) is 2.98. The van der Waals surface area contributed by atoms with Crippen molar-refractivity contribution in [1.29, 1.82) is 0 Å². The predicted octanol–water partition coefficient (Wildman–Crippen LogP) is 2.40. The fourth-order valence-corrected chi connectivity index (χ4v) is 2.30. The van der Waals surface area contributed by atoms with E-state index >= 15 is 0 Å². The van der Waals surface area contributed by atoms with Crippen LogP contribution in [0, 0.1) is 0 Å². The number of fused-ring (bicyclic) bond motifs is 1. The zero-order valence-corrected chi connectivity index (χ0v) is 8.39. The molecule has 0 spiro atoms. The Kier molecular flexibility index (Phi) is 1.99. The van der Waals surface area contributed by atoms with E-state index in [1.54, 1.807) is 15.3 Å². The van der Waals surface area contributed by atoms with Gasteiger partial charge in [-0.2, -0.15) is 0 Å². The Morgan fingerprint density at radius 3 is 3.18 bits per heavy atom. The molecule has 2 aromatic heterocycles. The molecule has 0 aliphatic heterocycles.